The molecule has 0 unspecified atom stereocenters. The summed E-state index contributed by atoms with van der Waals surface area (Å²) in [7, 11) is -2.08. The van der Waals surface area contributed by atoms with Gasteiger partial charge < -0.3 is 9.64 Å². The summed E-state index contributed by atoms with van der Waals surface area (Å²) >= 11 is 0. The van der Waals surface area contributed by atoms with Gasteiger partial charge in [-0.05, 0) is 25.1 Å². The minimum atomic E-state index is -3.70. The first-order chi connectivity index (χ1) is 13.4. The number of aryl methyl sites for hydroxylation is 1. The molecule has 0 aliphatic carbocycles. The zero-order valence-electron chi connectivity index (χ0n) is 15.6. The van der Waals surface area contributed by atoms with Crippen molar-refractivity contribution in [2.45, 2.75) is 11.8 Å². The van der Waals surface area contributed by atoms with Gasteiger partial charge in [0, 0.05) is 44.1 Å². The summed E-state index contributed by atoms with van der Waals surface area (Å²) in [6.07, 6.45) is 1.46. The molecule has 0 amide bonds. The van der Waals surface area contributed by atoms with E-state index in [-0.39, 0.29) is 10.4 Å². The molecule has 1 saturated heterocycles. The molecule has 2 aromatic heterocycles. The number of methoxy groups -OCH3 is 1. The predicted molar refractivity (Wildman–Crippen MR) is 105 cm³/mol. The average molecular weight is 403 g/mol. The van der Waals surface area contributed by atoms with E-state index < -0.39 is 15.6 Å². The van der Waals surface area contributed by atoms with Gasteiger partial charge in [0.2, 0.25) is 10.0 Å². The smallest absolute Gasteiger partial charge is 0.288 e. The van der Waals surface area contributed by atoms with Crippen molar-refractivity contribution in [1.82, 2.24) is 18.9 Å². The molecule has 1 fully saturated rings. The fourth-order valence-corrected chi connectivity index (χ4v) is 4.85. The highest BCUT2D eigenvalue weighted by atomic mass is 32.2. The predicted octanol–water partition coefficient (Wildman–Crippen LogP) is 0.851. The largest absolute Gasteiger partial charge is 0.497 e. The molecule has 10 heteroatoms. The van der Waals surface area contributed by atoms with E-state index in [9.17, 15) is 13.2 Å². The Morgan fingerprint density at radius 2 is 1.89 bits per heavy atom. The molecule has 3 heterocycles. The Morgan fingerprint density at radius 1 is 1.14 bits per heavy atom. The number of H-pyrrole nitrogens is 1. The number of nitrogens with one attached hydrogen (secondary N) is 1. The summed E-state index contributed by atoms with van der Waals surface area (Å²) in [5, 5.41) is 6.24. The molecule has 28 heavy (non-hydrogen) atoms. The molecule has 0 saturated carbocycles. The average Bonchev–Trinajstić information content (AvgIpc) is 3.19. The number of sulfonamides is 1. The number of aromatic nitrogens is 3. The minimum Gasteiger partial charge on any atom is -0.497 e. The third kappa shape index (κ3) is 3.14. The van der Waals surface area contributed by atoms with Crippen LogP contribution < -0.4 is 15.2 Å². The number of nitrogens with zero attached hydrogens (tertiary/aromatic N) is 4. The molecule has 4 rings (SSSR count). The second-order valence-electron chi connectivity index (χ2n) is 6.62. The molecule has 1 aliphatic rings. The van der Waals surface area contributed by atoms with E-state index in [1.807, 2.05) is 24.3 Å². The third-order valence-electron chi connectivity index (χ3n) is 4.99. The van der Waals surface area contributed by atoms with Crippen molar-refractivity contribution in [1.29, 1.82) is 0 Å². The fraction of sp³-hybridized carbons (Fsp3) is 0.333. The zero-order chi connectivity index (χ0) is 19.9. The molecule has 0 atom stereocenters. The van der Waals surface area contributed by atoms with E-state index in [1.165, 1.54) is 21.0 Å². The van der Waals surface area contributed by atoms with Crippen LogP contribution in [-0.4, -0.2) is 60.6 Å². The van der Waals surface area contributed by atoms with Crippen molar-refractivity contribution < 1.29 is 13.2 Å². The molecule has 1 aromatic carbocycles. The maximum Gasteiger partial charge on any atom is 0.288 e. The van der Waals surface area contributed by atoms with E-state index in [0.29, 0.717) is 32.0 Å². The van der Waals surface area contributed by atoms with Crippen LogP contribution in [-0.2, 0) is 10.0 Å². The van der Waals surface area contributed by atoms with Crippen molar-refractivity contribution in [3.63, 3.8) is 0 Å². The van der Waals surface area contributed by atoms with Crippen LogP contribution in [0.5, 0.6) is 5.75 Å². The Kier molecular flexibility index (Phi) is 4.60. The van der Waals surface area contributed by atoms with Crippen LogP contribution in [0.3, 0.4) is 0 Å². The molecule has 1 N–H and O–H groups in total. The molecule has 3 aromatic rings. The van der Waals surface area contributed by atoms with Crippen molar-refractivity contribution in [2.75, 3.05) is 38.2 Å². The lowest BCUT2D eigenvalue weighted by Gasteiger charge is -2.35. The Hall–Kier alpha value is -2.85. The van der Waals surface area contributed by atoms with Crippen molar-refractivity contribution in [2.24, 2.45) is 0 Å². The lowest BCUT2D eigenvalue weighted by molar-refractivity contribution is 0.384. The molecule has 0 bridgehead atoms. The van der Waals surface area contributed by atoms with Gasteiger partial charge in [-0.1, -0.05) is 6.07 Å². The first-order valence-electron chi connectivity index (χ1n) is 8.87. The SMILES string of the molecule is COc1cccc(N2CCN(S(=O)(=O)c3cc4c(=O)[nH]nc(C)n4c3)CC2)c1. The fourth-order valence-electron chi connectivity index (χ4n) is 3.41. The number of fused-ring (bicyclic) bond motifs is 1. The Morgan fingerprint density at radius 3 is 2.57 bits per heavy atom. The van der Waals surface area contributed by atoms with Gasteiger partial charge in [-0.25, -0.2) is 13.5 Å². The van der Waals surface area contributed by atoms with E-state index in [0.717, 1.165) is 11.4 Å². The summed E-state index contributed by atoms with van der Waals surface area (Å²) in [5.41, 5.74) is 0.843. The van der Waals surface area contributed by atoms with Crippen molar-refractivity contribution in [3.8, 4) is 5.75 Å². The minimum absolute atomic E-state index is 0.101. The second-order valence-corrected chi connectivity index (χ2v) is 8.56. The molecule has 0 spiro atoms. The van der Waals surface area contributed by atoms with Crippen molar-refractivity contribution in [3.05, 3.63) is 52.7 Å². The highest BCUT2D eigenvalue weighted by Crippen LogP contribution is 2.25. The maximum atomic E-state index is 13.1. The Bertz CT molecular complexity index is 1180. The topological polar surface area (TPSA) is 100 Å². The summed E-state index contributed by atoms with van der Waals surface area (Å²) in [6.45, 7) is 3.56. The van der Waals surface area contributed by atoms with E-state index in [4.69, 9.17) is 4.74 Å². The number of anilines is 1. The van der Waals surface area contributed by atoms with Gasteiger partial charge in [-0.2, -0.15) is 9.40 Å². The first kappa shape index (κ1) is 18.5. The van der Waals surface area contributed by atoms with Crippen LogP contribution >= 0.6 is 0 Å². The van der Waals surface area contributed by atoms with Gasteiger partial charge in [-0.15, -0.1) is 0 Å². The van der Waals surface area contributed by atoms with Crippen LogP contribution in [0.2, 0.25) is 0 Å². The molecular weight excluding hydrogens is 382 g/mol. The summed E-state index contributed by atoms with van der Waals surface area (Å²) < 4.78 is 34.3. The summed E-state index contributed by atoms with van der Waals surface area (Å²) in [6, 6.07) is 9.11. The number of rotatable bonds is 4. The van der Waals surface area contributed by atoms with Crippen molar-refractivity contribution >= 4 is 21.2 Å². The molecule has 0 radical (unpaired) electrons. The quantitative estimate of drug-likeness (QED) is 0.693. The van der Waals surface area contributed by atoms with E-state index in [2.05, 4.69) is 15.1 Å². The third-order valence-corrected chi connectivity index (χ3v) is 6.85. The lowest BCUT2D eigenvalue weighted by Crippen LogP contribution is -2.48. The zero-order valence-corrected chi connectivity index (χ0v) is 16.4. The van der Waals surface area contributed by atoms with Crippen LogP contribution in [0.25, 0.3) is 5.52 Å². The van der Waals surface area contributed by atoms with Gasteiger partial charge in [-0.3, -0.25) is 9.20 Å². The van der Waals surface area contributed by atoms with Gasteiger partial charge >= 0.3 is 0 Å². The van der Waals surface area contributed by atoms with Crippen LogP contribution in [0.4, 0.5) is 5.69 Å². The second kappa shape index (κ2) is 6.95. The van der Waals surface area contributed by atoms with Crippen LogP contribution in [0, 0.1) is 6.92 Å². The molecule has 9 nitrogen and oxygen atoms in total. The number of piperazine rings is 1. The first-order valence-corrected chi connectivity index (χ1v) is 10.3. The van der Waals surface area contributed by atoms with E-state index in [1.54, 1.807) is 14.0 Å². The van der Waals surface area contributed by atoms with Gasteiger partial charge in [0.25, 0.3) is 5.56 Å². The molecule has 1 aliphatic heterocycles. The Balaban J connectivity index is 1.56. The van der Waals surface area contributed by atoms with Gasteiger partial charge in [0.05, 0.1) is 7.11 Å². The molecule has 148 valence electrons. The number of benzene rings is 1. The summed E-state index contributed by atoms with van der Waals surface area (Å²) in [4.78, 5) is 14.2. The number of aromatic amines is 1. The summed E-state index contributed by atoms with van der Waals surface area (Å²) in [5.74, 6) is 1.28. The van der Waals surface area contributed by atoms with Crippen LogP contribution in [0.15, 0.2) is 46.2 Å². The standard InChI is InChI=1S/C18H21N5O4S/c1-13-19-20-18(24)17-11-16(12-23(13)17)28(25,26)22-8-6-21(7-9-22)14-4-3-5-15(10-14)27-2/h3-5,10-12H,6-9H2,1-2H3,(H,20,24). The Labute approximate surface area is 162 Å². The van der Waals surface area contributed by atoms with Crippen LogP contribution in [0.1, 0.15) is 5.82 Å². The number of hydrogen-bond donors (Lipinski definition) is 1. The number of ether oxygens (including phenoxy) is 1. The highest BCUT2D eigenvalue weighted by Gasteiger charge is 2.30. The highest BCUT2D eigenvalue weighted by molar-refractivity contribution is 7.89. The lowest BCUT2D eigenvalue weighted by atomic mass is 10.2. The van der Waals surface area contributed by atoms with E-state index >= 15 is 0 Å². The monoisotopic (exact) mass is 403 g/mol. The number of hydrogen-bond acceptors (Lipinski definition) is 6. The molecular formula is C18H21N5O4S. The van der Waals surface area contributed by atoms with Gasteiger partial charge in [0.1, 0.15) is 22.0 Å². The maximum absolute atomic E-state index is 13.1. The normalized spacial score (nSPS) is 15.9. The van der Waals surface area contributed by atoms with Gasteiger partial charge in [0.15, 0.2) is 0 Å².